The fourth-order valence-corrected chi connectivity index (χ4v) is 4.85. The number of nitrogens with zero attached hydrogens (tertiary/aromatic N) is 4. The van der Waals surface area contributed by atoms with Gasteiger partial charge in [0.1, 0.15) is 11.3 Å². The van der Waals surface area contributed by atoms with Crippen LogP contribution in [0.3, 0.4) is 0 Å². The molecule has 0 atom stereocenters. The molecule has 0 radical (unpaired) electrons. The van der Waals surface area contributed by atoms with E-state index in [2.05, 4.69) is 86.1 Å². The monoisotopic (exact) mass is 456 g/mol. The Balaban J connectivity index is 1.46. The third-order valence-electron chi connectivity index (χ3n) is 6.72. The van der Waals surface area contributed by atoms with Gasteiger partial charge in [0.2, 0.25) is 0 Å². The van der Waals surface area contributed by atoms with Crippen molar-refractivity contribution in [1.29, 1.82) is 0 Å². The van der Waals surface area contributed by atoms with Crippen LogP contribution in [-0.2, 0) is 0 Å². The highest BCUT2D eigenvalue weighted by Crippen LogP contribution is 2.36. The highest BCUT2D eigenvalue weighted by atomic mass is 16.1. The van der Waals surface area contributed by atoms with Gasteiger partial charge in [-0.15, -0.1) is 0 Å². The Bertz CT molecular complexity index is 1760. The van der Waals surface area contributed by atoms with Crippen LogP contribution < -0.4 is 0 Å². The number of aryl methyl sites for hydroxylation is 1. The van der Waals surface area contributed by atoms with Gasteiger partial charge in [-0.05, 0) is 66.8 Å². The number of benzene rings is 2. The molecule has 0 aliphatic carbocycles. The average molecular weight is 457 g/mol. The highest BCUT2D eigenvalue weighted by Gasteiger charge is 2.15. The van der Waals surface area contributed by atoms with Gasteiger partial charge in [-0.2, -0.15) is 0 Å². The predicted octanol–water partition coefficient (Wildman–Crippen LogP) is 6.72. The van der Waals surface area contributed by atoms with E-state index in [-0.39, 0.29) is 0 Å². The van der Waals surface area contributed by atoms with Crippen molar-refractivity contribution in [2.24, 2.45) is 0 Å². The van der Waals surface area contributed by atoms with Gasteiger partial charge in [0.15, 0.2) is 6.29 Å². The zero-order valence-corrected chi connectivity index (χ0v) is 19.9. The maximum atomic E-state index is 11.2. The Kier molecular flexibility index (Phi) is 4.85. The lowest BCUT2D eigenvalue weighted by atomic mass is 9.90. The van der Waals surface area contributed by atoms with E-state index in [4.69, 9.17) is 9.97 Å². The van der Waals surface area contributed by atoms with E-state index in [9.17, 15) is 4.79 Å². The molecule has 35 heavy (non-hydrogen) atoms. The number of aldehydes is 1. The van der Waals surface area contributed by atoms with Gasteiger partial charge in [0, 0.05) is 41.5 Å². The van der Waals surface area contributed by atoms with Crippen molar-refractivity contribution in [2.45, 2.75) is 20.8 Å². The molecular formula is C30H24N4O. The van der Waals surface area contributed by atoms with E-state index in [1.165, 1.54) is 22.3 Å². The molecule has 0 unspecified atom stereocenters. The summed E-state index contributed by atoms with van der Waals surface area (Å²) in [5, 5.41) is 0. The van der Waals surface area contributed by atoms with E-state index >= 15 is 0 Å². The van der Waals surface area contributed by atoms with Crippen LogP contribution >= 0.6 is 0 Å². The molecule has 0 N–H and O–H groups in total. The second-order valence-electron chi connectivity index (χ2n) is 9.03. The van der Waals surface area contributed by atoms with E-state index in [1.807, 2.05) is 22.9 Å². The van der Waals surface area contributed by atoms with Crippen molar-refractivity contribution >= 4 is 17.6 Å². The molecule has 5 heteroatoms. The fraction of sp³-hybridized carbons (Fsp3) is 0.100. The summed E-state index contributed by atoms with van der Waals surface area (Å²) in [5.74, 6) is 0. The number of hydrogen-bond acceptors (Lipinski definition) is 3. The van der Waals surface area contributed by atoms with E-state index in [0.717, 1.165) is 45.7 Å². The summed E-state index contributed by atoms with van der Waals surface area (Å²) in [6.07, 6.45) is 8.84. The lowest BCUT2D eigenvalue weighted by Gasteiger charge is -2.14. The smallest absolute Gasteiger partial charge is 0.151 e. The third-order valence-corrected chi connectivity index (χ3v) is 6.72. The number of carbonyl (C=O) groups is 1. The van der Waals surface area contributed by atoms with Crippen molar-refractivity contribution in [2.75, 3.05) is 0 Å². The van der Waals surface area contributed by atoms with E-state index in [0.29, 0.717) is 5.56 Å². The molecule has 0 bridgehead atoms. The topological polar surface area (TPSA) is 51.7 Å². The van der Waals surface area contributed by atoms with Crippen molar-refractivity contribution in [3.05, 3.63) is 108 Å². The fourth-order valence-electron chi connectivity index (χ4n) is 4.85. The Morgan fingerprint density at radius 2 is 1.11 bits per heavy atom. The van der Waals surface area contributed by atoms with E-state index in [1.54, 1.807) is 6.07 Å². The number of imidazole rings is 2. The van der Waals surface area contributed by atoms with Crippen LogP contribution in [0.25, 0.3) is 44.9 Å². The number of rotatable bonds is 4. The summed E-state index contributed by atoms with van der Waals surface area (Å²) in [4.78, 5) is 20.8. The van der Waals surface area contributed by atoms with Crippen molar-refractivity contribution in [3.63, 3.8) is 0 Å². The van der Waals surface area contributed by atoms with Gasteiger partial charge in [0.25, 0.3) is 0 Å². The molecule has 5 nitrogen and oxygen atoms in total. The molecule has 0 saturated heterocycles. The van der Waals surface area contributed by atoms with Crippen LogP contribution in [0.15, 0.2) is 85.5 Å². The molecule has 4 heterocycles. The molecule has 2 aromatic carbocycles. The molecule has 0 amide bonds. The first-order valence-corrected chi connectivity index (χ1v) is 11.6. The maximum Gasteiger partial charge on any atom is 0.151 e. The summed E-state index contributed by atoms with van der Waals surface area (Å²) in [6.45, 7) is 6.40. The SMILES string of the molecule is Cc1ccc2nc(-c3cccc(-c4cccc(-c5cn6cc(C=O)ccc6n5)c4C)c3C)cn2c1. The average Bonchev–Trinajstić information content (AvgIpc) is 3.47. The summed E-state index contributed by atoms with van der Waals surface area (Å²) in [6, 6.07) is 20.6. The largest absolute Gasteiger partial charge is 0.306 e. The van der Waals surface area contributed by atoms with Gasteiger partial charge in [-0.1, -0.05) is 42.5 Å². The minimum Gasteiger partial charge on any atom is -0.306 e. The predicted molar refractivity (Wildman–Crippen MR) is 140 cm³/mol. The third kappa shape index (κ3) is 3.53. The lowest BCUT2D eigenvalue weighted by molar-refractivity contribution is 0.112. The molecular weight excluding hydrogens is 432 g/mol. The highest BCUT2D eigenvalue weighted by molar-refractivity contribution is 5.83. The first-order chi connectivity index (χ1) is 17.0. The maximum absolute atomic E-state index is 11.2. The number of carbonyl (C=O) groups excluding carboxylic acids is 1. The Morgan fingerprint density at radius 3 is 1.69 bits per heavy atom. The molecule has 0 fully saturated rings. The van der Waals surface area contributed by atoms with Crippen LogP contribution in [0, 0.1) is 20.8 Å². The minimum atomic E-state index is 0.626. The normalized spacial score (nSPS) is 11.4. The van der Waals surface area contributed by atoms with Crippen LogP contribution in [0.1, 0.15) is 27.0 Å². The zero-order chi connectivity index (χ0) is 24.1. The summed E-state index contributed by atoms with van der Waals surface area (Å²) < 4.78 is 3.99. The second kappa shape index (κ2) is 8.06. The summed E-state index contributed by atoms with van der Waals surface area (Å²) in [7, 11) is 0. The lowest BCUT2D eigenvalue weighted by Crippen LogP contribution is -1.93. The van der Waals surface area contributed by atoms with Gasteiger partial charge in [-0.25, -0.2) is 9.97 Å². The summed E-state index contributed by atoms with van der Waals surface area (Å²) >= 11 is 0. The molecule has 6 aromatic rings. The standard InChI is InChI=1S/C30H24N4O/c1-19-10-12-29-31-27(16-33(29)14-19)25-8-4-6-23(20(25)2)24-7-5-9-26(21(24)3)28-17-34-15-22(18-35)11-13-30(34)32-28/h4-18H,1-3H3. The zero-order valence-electron chi connectivity index (χ0n) is 19.9. The quantitative estimate of drug-likeness (QED) is 0.277. The molecule has 0 spiro atoms. The molecule has 170 valence electrons. The number of hydrogen-bond donors (Lipinski definition) is 0. The number of aromatic nitrogens is 4. The van der Waals surface area contributed by atoms with Gasteiger partial charge in [-0.3, -0.25) is 4.79 Å². The molecule has 6 rings (SSSR count). The molecule has 4 aromatic heterocycles. The number of pyridine rings is 2. The number of fused-ring (bicyclic) bond motifs is 2. The first-order valence-electron chi connectivity index (χ1n) is 11.6. The first kappa shape index (κ1) is 21.1. The second-order valence-corrected chi connectivity index (χ2v) is 9.03. The molecule has 0 aliphatic heterocycles. The van der Waals surface area contributed by atoms with Crippen molar-refractivity contribution < 1.29 is 4.79 Å². The molecule has 0 saturated carbocycles. The van der Waals surface area contributed by atoms with Crippen LogP contribution in [0.2, 0.25) is 0 Å². The minimum absolute atomic E-state index is 0.626. The summed E-state index contributed by atoms with van der Waals surface area (Å²) in [5.41, 5.74) is 12.4. The van der Waals surface area contributed by atoms with Gasteiger partial charge >= 0.3 is 0 Å². The van der Waals surface area contributed by atoms with Crippen LogP contribution in [-0.4, -0.2) is 25.1 Å². The Labute approximate surface area is 203 Å². The van der Waals surface area contributed by atoms with Crippen molar-refractivity contribution in [3.8, 4) is 33.6 Å². The van der Waals surface area contributed by atoms with Crippen LogP contribution in [0.5, 0.6) is 0 Å². The Hall–Kier alpha value is -4.51. The van der Waals surface area contributed by atoms with Gasteiger partial charge < -0.3 is 8.80 Å². The Morgan fingerprint density at radius 1 is 0.600 bits per heavy atom. The van der Waals surface area contributed by atoms with E-state index < -0.39 is 0 Å². The molecule has 0 aliphatic rings. The van der Waals surface area contributed by atoms with Gasteiger partial charge in [0.05, 0.1) is 11.4 Å². The van der Waals surface area contributed by atoms with Crippen molar-refractivity contribution in [1.82, 2.24) is 18.8 Å². The van der Waals surface area contributed by atoms with Crippen LogP contribution in [0.4, 0.5) is 0 Å².